The molecule has 0 amide bonds. The van der Waals surface area contributed by atoms with E-state index in [1.807, 2.05) is 6.92 Å². The summed E-state index contributed by atoms with van der Waals surface area (Å²) in [6.07, 6.45) is 2.98. The van der Waals surface area contributed by atoms with Crippen LogP contribution in [0.1, 0.15) is 51.5 Å². The normalized spacial score (nSPS) is 11.9. The van der Waals surface area contributed by atoms with Crippen LogP contribution in [0.25, 0.3) is 22.3 Å². The summed E-state index contributed by atoms with van der Waals surface area (Å²) in [6.45, 7) is 6.97. The SMILES string of the molecule is CCOc1ccc(-c2ccc(OCCCCOCC(CC)COCCCCOc3ccc(-c4ccc(C)c(F)c4F)c(F)c3F)c(F)c2F)c(F)c1F. The van der Waals surface area contributed by atoms with Crippen molar-refractivity contribution in [2.45, 2.75) is 52.9 Å². The Morgan fingerprint density at radius 1 is 0.434 bits per heavy atom. The van der Waals surface area contributed by atoms with Gasteiger partial charge in [-0.2, -0.15) is 13.2 Å². The summed E-state index contributed by atoms with van der Waals surface area (Å²) in [5, 5.41) is 0. The topological polar surface area (TPSA) is 46.2 Å². The van der Waals surface area contributed by atoms with E-state index in [1.54, 1.807) is 6.92 Å². The molecule has 0 radical (unpaired) electrons. The van der Waals surface area contributed by atoms with E-state index in [4.69, 9.17) is 23.7 Å². The van der Waals surface area contributed by atoms with E-state index in [-0.39, 0.29) is 54.1 Å². The zero-order chi connectivity index (χ0) is 38.5. The van der Waals surface area contributed by atoms with Crippen molar-refractivity contribution in [2.75, 3.05) is 46.2 Å². The Labute approximate surface area is 303 Å². The lowest BCUT2D eigenvalue weighted by Crippen LogP contribution is -2.17. The van der Waals surface area contributed by atoms with E-state index in [1.165, 1.54) is 25.1 Å². The number of rotatable bonds is 21. The molecule has 0 heterocycles. The molecular weight excluding hydrogens is 712 g/mol. The highest BCUT2D eigenvalue weighted by Gasteiger charge is 2.23. The Bertz CT molecular complexity index is 1820. The van der Waals surface area contributed by atoms with Crippen LogP contribution in [-0.2, 0) is 9.47 Å². The molecule has 0 aliphatic heterocycles. The number of hydrogen-bond acceptors (Lipinski definition) is 5. The van der Waals surface area contributed by atoms with Gasteiger partial charge in [0.25, 0.3) is 0 Å². The molecule has 1 unspecified atom stereocenters. The Kier molecular flexibility index (Phi) is 15.8. The average Bonchev–Trinajstić information content (AvgIpc) is 3.15. The van der Waals surface area contributed by atoms with Crippen molar-refractivity contribution in [3.05, 3.63) is 101 Å². The molecule has 4 aromatic carbocycles. The van der Waals surface area contributed by atoms with Gasteiger partial charge in [-0.25, -0.2) is 22.0 Å². The standard InChI is InChI=1S/C40H42F8O5/c1-4-25(22-49-18-6-8-20-52-31-16-13-27(36(44)39(31)47)26-11-10-24(3)33(41)34(26)42)23-50-19-7-9-21-53-32-17-14-29(37(45)40(32)48)28-12-15-30(51-5-2)38(46)35(28)43/h10-17,25H,4-9,18-23H2,1-3H3. The number of hydrogen-bond donors (Lipinski definition) is 0. The molecule has 4 aromatic rings. The van der Waals surface area contributed by atoms with E-state index in [0.717, 1.165) is 36.8 Å². The molecule has 1 atom stereocenters. The van der Waals surface area contributed by atoms with Crippen LogP contribution in [-0.4, -0.2) is 46.2 Å². The van der Waals surface area contributed by atoms with Crippen LogP contribution in [0, 0.1) is 59.4 Å². The lowest BCUT2D eigenvalue weighted by Gasteiger charge is -2.16. The molecular formula is C40H42F8O5. The molecule has 0 bridgehead atoms. The van der Waals surface area contributed by atoms with Gasteiger partial charge in [-0.1, -0.05) is 19.1 Å². The maximum atomic E-state index is 14.8. The first-order valence-electron chi connectivity index (χ1n) is 17.4. The molecule has 0 aliphatic carbocycles. The van der Waals surface area contributed by atoms with Crippen molar-refractivity contribution in [1.29, 1.82) is 0 Å². The summed E-state index contributed by atoms with van der Waals surface area (Å²) in [4.78, 5) is 0. The van der Waals surface area contributed by atoms with Crippen LogP contribution in [0.3, 0.4) is 0 Å². The minimum absolute atomic E-state index is 0.0516. The van der Waals surface area contributed by atoms with Crippen LogP contribution >= 0.6 is 0 Å². The monoisotopic (exact) mass is 754 g/mol. The molecule has 5 nitrogen and oxygen atoms in total. The molecule has 0 saturated carbocycles. The van der Waals surface area contributed by atoms with Gasteiger partial charge in [0, 0.05) is 41.4 Å². The van der Waals surface area contributed by atoms with Gasteiger partial charge in [-0.05, 0) is 87.9 Å². The summed E-state index contributed by atoms with van der Waals surface area (Å²) >= 11 is 0. The van der Waals surface area contributed by atoms with Crippen molar-refractivity contribution in [1.82, 2.24) is 0 Å². The number of ether oxygens (including phenoxy) is 5. The molecule has 0 aliphatic rings. The van der Waals surface area contributed by atoms with Gasteiger partial charge >= 0.3 is 0 Å². The summed E-state index contributed by atoms with van der Waals surface area (Å²) < 4.78 is 143. The van der Waals surface area contributed by atoms with Crippen molar-refractivity contribution >= 4 is 0 Å². The van der Waals surface area contributed by atoms with Gasteiger partial charge in [0.2, 0.25) is 17.5 Å². The minimum atomic E-state index is -1.36. The molecule has 53 heavy (non-hydrogen) atoms. The maximum absolute atomic E-state index is 14.8. The smallest absolute Gasteiger partial charge is 0.201 e. The Balaban J connectivity index is 1.09. The quantitative estimate of drug-likeness (QED) is 0.0626. The summed E-state index contributed by atoms with van der Waals surface area (Å²) in [5.74, 6) is -11.2. The number of benzene rings is 4. The van der Waals surface area contributed by atoms with Crippen molar-refractivity contribution in [3.8, 4) is 39.5 Å². The summed E-state index contributed by atoms with van der Waals surface area (Å²) in [5.41, 5.74) is -1.62. The number of unbranched alkanes of at least 4 members (excludes halogenated alkanes) is 2. The fourth-order valence-corrected chi connectivity index (χ4v) is 5.32. The number of aryl methyl sites for hydroxylation is 1. The predicted octanol–water partition coefficient (Wildman–Crippen LogP) is 10.9. The summed E-state index contributed by atoms with van der Waals surface area (Å²) in [6, 6.07) is 9.38. The van der Waals surface area contributed by atoms with E-state index in [9.17, 15) is 35.1 Å². The zero-order valence-corrected chi connectivity index (χ0v) is 29.7. The minimum Gasteiger partial charge on any atom is -0.491 e. The molecule has 288 valence electrons. The van der Waals surface area contributed by atoms with Gasteiger partial charge < -0.3 is 23.7 Å². The molecule has 13 heteroatoms. The molecule has 0 N–H and O–H groups in total. The van der Waals surface area contributed by atoms with Gasteiger partial charge in [-0.15, -0.1) is 0 Å². The van der Waals surface area contributed by atoms with E-state index in [0.29, 0.717) is 52.1 Å². The van der Waals surface area contributed by atoms with Crippen LogP contribution in [0.15, 0.2) is 48.5 Å². The molecule has 0 aromatic heterocycles. The molecule has 0 spiro atoms. The second kappa shape index (κ2) is 20.2. The molecule has 0 saturated heterocycles. The lowest BCUT2D eigenvalue weighted by atomic mass is 10.0. The van der Waals surface area contributed by atoms with Gasteiger partial charge in [0.15, 0.2) is 46.3 Å². The summed E-state index contributed by atoms with van der Waals surface area (Å²) in [7, 11) is 0. The Hall–Kier alpha value is -4.36. The lowest BCUT2D eigenvalue weighted by molar-refractivity contribution is 0.0342. The van der Waals surface area contributed by atoms with Crippen LogP contribution in [0.2, 0.25) is 0 Å². The second-order valence-electron chi connectivity index (χ2n) is 12.2. The van der Waals surface area contributed by atoms with E-state index >= 15 is 0 Å². The van der Waals surface area contributed by atoms with E-state index < -0.39 is 63.2 Å². The first-order valence-corrected chi connectivity index (χ1v) is 17.4. The Morgan fingerprint density at radius 3 is 1.19 bits per heavy atom. The van der Waals surface area contributed by atoms with Gasteiger partial charge in [0.1, 0.15) is 0 Å². The van der Waals surface area contributed by atoms with Crippen LogP contribution in [0.5, 0.6) is 17.2 Å². The van der Waals surface area contributed by atoms with E-state index in [2.05, 4.69) is 0 Å². The van der Waals surface area contributed by atoms with Gasteiger partial charge in [-0.3, -0.25) is 0 Å². The predicted molar refractivity (Wildman–Crippen MR) is 184 cm³/mol. The van der Waals surface area contributed by atoms with Crippen molar-refractivity contribution in [3.63, 3.8) is 0 Å². The van der Waals surface area contributed by atoms with Crippen molar-refractivity contribution < 1.29 is 58.8 Å². The first-order chi connectivity index (χ1) is 25.5. The third-order valence-electron chi connectivity index (χ3n) is 8.46. The highest BCUT2D eigenvalue weighted by atomic mass is 19.2. The highest BCUT2D eigenvalue weighted by Crippen LogP contribution is 2.35. The third kappa shape index (κ3) is 10.6. The fraction of sp³-hybridized carbons (Fsp3) is 0.400. The first kappa shape index (κ1) is 41.4. The maximum Gasteiger partial charge on any atom is 0.201 e. The molecule has 0 fully saturated rings. The average molecular weight is 755 g/mol. The third-order valence-corrected chi connectivity index (χ3v) is 8.46. The Morgan fingerprint density at radius 2 is 0.792 bits per heavy atom. The zero-order valence-electron chi connectivity index (χ0n) is 29.7. The van der Waals surface area contributed by atoms with Crippen LogP contribution in [0.4, 0.5) is 35.1 Å². The largest absolute Gasteiger partial charge is 0.491 e. The van der Waals surface area contributed by atoms with Crippen LogP contribution < -0.4 is 14.2 Å². The molecule has 4 rings (SSSR count). The number of halogens is 8. The van der Waals surface area contributed by atoms with Crippen molar-refractivity contribution in [2.24, 2.45) is 5.92 Å². The second-order valence-corrected chi connectivity index (χ2v) is 12.2. The van der Waals surface area contributed by atoms with Gasteiger partial charge in [0.05, 0.1) is 33.0 Å². The highest BCUT2D eigenvalue weighted by molar-refractivity contribution is 5.68. The fourth-order valence-electron chi connectivity index (χ4n) is 5.32.